The van der Waals surface area contributed by atoms with Gasteiger partial charge < -0.3 is 4.90 Å². The molecule has 0 unspecified atom stereocenters. The number of hydrogen-bond acceptors (Lipinski definition) is 3. The molecule has 2 rings (SSSR count). The van der Waals surface area contributed by atoms with E-state index in [1.807, 2.05) is 0 Å². The van der Waals surface area contributed by atoms with E-state index in [4.69, 9.17) is 0 Å². The number of aryl methyl sites for hydroxylation is 1. The van der Waals surface area contributed by atoms with Crippen LogP contribution in [0.1, 0.15) is 39.1 Å². The highest BCUT2D eigenvalue weighted by Crippen LogP contribution is 2.24. The number of hydrogen-bond donors (Lipinski definition) is 0. The van der Waals surface area contributed by atoms with E-state index in [1.54, 1.807) is 25.1 Å². The third-order valence-corrected chi connectivity index (χ3v) is 3.97. The van der Waals surface area contributed by atoms with Crippen molar-refractivity contribution in [3.8, 4) is 0 Å². The summed E-state index contributed by atoms with van der Waals surface area (Å²) in [5.41, 5.74) is 1.46. The van der Waals surface area contributed by atoms with Crippen molar-refractivity contribution in [2.24, 2.45) is 0 Å². The predicted molar refractivity (Wildman–Crippen MR) is 88.6 cm³/mol. The van der Waals surface area contributed by atoms with E-state index in [0.29, 0.717) is 16.0 Å². The lowest BCUT2D eigenvalue weighted by atomic mass is 10.1. The quantitative estimate of drug-likeness (QED) is 0.549. The first-order chi connectivity index (χ1) is 12.1. The van der Waals surface area contributed by atoms with Gasteiger partial charge >= 0.3 is 6.18 Å². The summed E-state index contributed by atoms with van der Waals surface area (Å²) < 4.78 is 37.6. The summed E-state index contributed by atoms with van der Waals surface area (Å²) in [7, 11) is 0. The minimum absolute atomic E-state index is 0.0227. The Kier molecular flexibility index (Phi) is 5.84. The summed E-state index contributed by atoms with van der Waals surface area (Å²) in [6.07, 6.45) is -3.39. The molecule has 0 spiro atoms. The van der Waals surface area contributed by atoms with Gasteiger partial charge in [0.05, 0.1) is 11.1 Å². The molecule has 8 heteroatoms. The van der Waals surface area contributed by atoms with E-state index < -0.39 is 30.4 Å². The summed E-state index contributed by atoms with van der Waals surface area (Å²) in [6.45, 7) is 3.55. The normalized spacial score (nSPS) is 13.8. The van der Waals surface area contributed by atoms with Crippen LogP contribution >= 0.6 is 0 Å². The van der Waals surface area contributed by atoms with Crippen LogP contribution < -0.4 is 0 Å². The molecule has 1 heterocycles. The standard InChI is InChI=1S/C18H19F3N2O3/c1-3-8-22(11-18(19,20)21)15(24)5-4-9-23-16(25)13-7-6-12(2)10-14(13)17(23)26/h3,6-7,10H,1,4-5,8-9,11H2,2H3. The average Bonchev–Trinajstić information content (AvgIpc) is 2.77. The first-order valence-electron chi connectivity index (χ1n) is 8.06. The van der Waals surface area contributed by atoms with Gasteiger partial charge in [0, 0.05) is 19.5 Å². The number of imide groups is 1. The van der Waals surface area contributed by atoms with Crippen LogP contribution in [0.25, 0.3) is 0 Å². The summed E-state index contributed by atoms with van der Waals surface area (Å²) in [5.74, 6) is -1.59. The van der Waals surface area contributed by atoms with Gasteiger partial charge in [0.15, 0.2) is 0 Å². The van der Waals surface area contributed by atoms with Crippen molar-refractivity contribution in [2.75, 3.05) is 19.6 Å². The average molecular weight is 368 g/mol. The number of carbonyl (C=O) groups is 3. The maximum Gasteiger partial charge on any atom is 0.406 e. The van der Waals surface area contributed by atoms with Crippen LogP contribution in [0.15, 0.2) is 30.9 Å². The van der Waals surface area contributed by atoms with Crippen LogP contribution in [-0.4, -0.2) is 53.3 Å². The number of alkyl halides is 3. The molecule has 1 aromatic rings. The molecular weight excluding hydrogens is 349 g/mol. The smallest absolute Gasteiger partial charge is 0.330 e. The largest absolute Gasteiger partial charge is 0.406 e. The fourth-order valence-corrected chi connectivity index (χ4v) is 2.78. The molecule has 0 aromatic heterocycles. The lowest BCUT2D eigenvalue weighted by Crippen LogP contribution is -2.39. The number of amides is 3. The van der Waals surface area contributed by atoms with Crippen LogP contribution in [0.4, 0.5) is 13.2 Å². The van der Waals surface area contributed by atoms with Gasteiger partial charge in [-0.2, -0.15) is 13.2 Å². The molecule has 26 heavy (non-hydrogen) atoms. The van der Waals surface area contributed by atoms with Crippen molar-refractivity contribution >= 4 is 17.7 Å². The molecule has 1 aliphatic heterocycles. The molecule has 0 saturated carbocycles. The van der Waals surface area contributed by atoms with E-state index in [0.717, 1.165) is 10.5 Å². The van der Waals surface area contributed by atoms with E-state index in [1.165, 1.54) is 6.08 Å². The molecule has 0 N–H and O–H groups in total. The molecule has 0 bridgehead atoms. The number of halogens is 3. The fourth-order valence-electron chi connectivity index (χ4n) is 2.78. The molecule has 3 amide bonds. The highest BCUT2D eigenvalue weighted by atomic mass is 19.4. The van der Waals surface area contributed by atoms with Gasteiger partial charge in [0.25, 0.3) is 11.8 Å². The van der Waals surface area contributed by atoms with Crippen molar-refractivity contribution in [1.82, 2.24) is 9.80 Å². The van der Waals surface area contributed by atoms with E-state index in [9.17, 15) is 27.6 Å². The molecule has 1 aliphatic rings. The van der Waals surface area contributed by atoms with Gasteiger partial charge in [-0.3, -0.25) is 19.3 Å². The van der Waals surface area contributed by atoms with Crippen LogP contribution in [-0.2, 0) is 4.79 Å². The van der Waals surface area contributed by atoms with Gasteiger partial charge in [-0.1, -0.05) is 17.7 Å². The van der Waals surface area contributed by atoms with Crippen LogP contribution in [0.5, 0.6) is 0 Å². The van der Waals surface area contributed by atoms with Crippen molar-refractivity contribution in [3.63, 3.8) is 0 Å². The summed E-state index contributed by atoms with van der Waals surface area (Å²) in [5, 5.41) is 0. The second-order valence-corrected chi connectivity index (χ2v) is 6.09. The van der Waals surface area contributed by atoms with Gasteiger partial charge in [0.2, 0.25) is 5.91 Å². The van der Waals surface area contributed by atoms with Gasteiger partial charge in [-0.15, -0.1) is 6.58 Å². The predicted octanol–water partition coefficient (Wildman–Crippen LogP) is 2.95. The minimum atomic E-state index is -4.50. The Bertz CT molecular complexity index is 744. The third-order valence-electron chi connectivity index (χ3n) is 3.97. The molecule has 0 fully saturated rings. The molecule has 0 saturated heterocycles. The zero-order valence-corrected chi connectivity index (χ0v) is 14.3. The van der Waals surface area contributed by atoms with Gasteiger partial charge in [0.1, 0.15) is 6.54 Å². The number of fused-ring (bicyclic) bond motifs is 1. The first-order valence-corrected chi connectivity index (χ1v) is 8.06. The van der Waals surface area contributed by atoms with Gasteiger partial charge in [-0.05, 0) is 25.5 Å². The third kappa shape index (κ3) is 4.50. The summed E-state index contributed by atoms with van der Waals surface area (Å²) in [6, 6.07) is 4.92. The molecule has 0 atom stereocenters. The monoisotopic (exact) mass is 368 g/mol. The zero-order valence-electron chi connectivity index (χ0n) is 14.3. The van der Waals surface area contributed by atoms with Crippen molar-refractivity contribution in [3.05, 3.63) is 47.5 Å². The minimum Gasteiger partial charge on any atom is -0.330 e. The molecular formula is C18H19F3N2O3. The summed E-state index contributed by atoms with van der Waals surface area (Å²) >= 11 is 0. The number of nitrogens with zero attached hydrogens (tertiary/aromatic N) is 2. The van der Waals surface area contributed by atoms with Crippen LogP contribution in [0, 0.1) is 6.92 Å². The van der Waals surface area contributed by atoms with Crippen molar-refractivity contribution < 1.29 is 27.6 Å². The Labute approximate surface area is 149 Å². The molecule has 1 aromatic carbocycles. The topological polar surface area (TPSA) is 57.7 Å². The molecule has 0 radical (unpaired) electrons. The zero-order chi connectivity index (χ0) is 19.5. The molecule has 5 nitrogen and oxygen atoms in total. The van der Waals surface area contributed by atoms with Crippen LogP contribution in [0.2, 0.25) is 0 Å². The van der Waals surface area contributed by atoms with E-state index in [-0.39, 0.29) is 25.9 Å². The highest BCUT2D eigenvalue weighted by molar-refractivity contribution is 6.21. The van der Waals surface area contributed by atoms with Gasteiger partial charge in [-0.25, -0.2) is 0 Å². The SMILES string of the molecule is C=CCN(CC(F)(F)F)C(=O)CCCN1C(=O)c2ccc(C)cc2C1=O. The maximum atomic E-state index is 12.5. The molecule has 0 aliphatic carbocycles. The molecule has 140 valence electrons. The Balaban J connectivity index is 1.95. The van der Waals surface area contributed by atoms with Crippen LogP contribution in [0.3, 0.4) is 0 Å². The highest BCUT2D eigenvalue weighted by Gasteiger charge is 2.35. The second kappa shape index (κ2) is 7.72. The van der Waals surface area contributed by atoms with Crippen molar-refractivity contribution in [2.45, 2.75) is 25.9 Å². The number of benzene rings is 1. The lowest BCUT2D eigenvalue weighted by Gasteiger charge is -2.23. The Hall–Kier alpha value is -2.64. The van der Waals surface area contributed by atoms with E-state index in [2.05, 4.69) is 6.58 Å². The Morgan fingerprint density at radius 2 is 1.88 bits per heavy atom. The number of rotatable bonds is 7. The maximum absolute atomic E-state index is 12.5. The second-order valence-electron chi connectivity index (χ2n) is 6.09. The van der Waals surface area contributed by atoms with E-state index >= 15 is 0 Å². The number of carbonyl (C=O) groups excluding carboxylic acids is 3. The van der Waals surface area contributed by atoms with Crippen molar-refractivity contribution in [1.29, 1.82) is 0 Å². The Morgan fingerprint density at radius 3 is 2.50 bits per heavy atom. The fraction of sp³-hybridized carbons (Fsp3) is 0.389. The first kappa shape index (κ1) is 19.7. The Morgan fingerprint density at radius 1 is 1.23 bits per heavy atom. The lowest BCUT2D eigenvalue weighted by molar-refractivity contribution is -0.160. The summed E-state index contributed by atoms with van der Waals surface area (Å²) in [4.78, 5) is 38.3.